The second-order valence-corrected chi connectivity index (χ2v) is 8.66. The van der Waals surface area contributed by atoms with Gasteiger partial charge in [-0.25, -0.2) is 13.8 Å². The Morgan fingerprint density at radius 3 is 2.65 bits per heavy atom. The number of aromatic nitrogens is 2. The number of amides is 1. The number of nitrogens with zero attached hydrogens (tertiary/aromatic N) is 2. The molecule has 0 bridgehead atoms. The molecule has 4 aromatic rings. The summed E-state index contributed by atoms with van der Waals surface area (Å²) < 4.78 is 27.0. The molecule has 5 nitrogen and oxygen atoms in total. The van der Waals surface area contributed by atoms with Gasteiger partial charge in [0.1, 0.15) is 16.5 Å². The van der Waals surface area contributed by atoms with Crippen LogP contribution in [-0.4, -0.2) is 33.6 Å². The Bertz CT molecular complexity index is 1300. The van der Waals surface area contributed by atoms with Crippen molar-refractivity contribution in [3.63, 3.8) is 0 Å². The van der Waals surface area contributed by atoms with Gasteiger partial charge in [-0.3, -0.25) is 9.59 Å². The number of benzene rings is 2. The van der Waals surface area contributed by atoms with E-state index in [1.165, 1.54) is 34.4 Å². The molecule has 2 aromatic heterocycles. The first kappa shape index (κ1) is 21.2. The molecule has 9 heteroatoms. The molecular weight excluding hydrogens is 440 g/mol. The zero-order valence-electron chi connectivity index (χ0n) is 16.4. The number of carbonyl (C=O) groups is 1. The quantitative estimate of drug-likeness (QED) is 0.337. The Morgan fingerprint density at radius 2 is 1.90 bits per heavy atom. The third-order valence-electron chi connectivity index (χ3n) is 4.70. The number of thiophene rings is 1. The van der Waals surface area contributed by atoms with Gasteiger partial charge in [0, 0.05) is 30.1 Å². The van der Waals surface area contributed by atoms with Crippen LogP contribution in [0.25, 0.3) is 21.3 Å². The van der Waals surface area contributed by atoms with Crippen molar-refractivity contribution < 1.29 is 13.6 Å². The first-order valence-corrected chi connectivity index (χ1v) is 11.2. The van der Waals surface area contributed by atoms with Crippen LogP contribution in [0.3, 0.4) is 0 Å². The highest BCUT2D eigenvalue weighted by Gasteiger charge is 2.16. The van der Waals surface area contributed by atoms with E-state index < -0.39 is 0 Å². The number of H-pyrrole nitrogens is 1. The molecule has 0 unspecified atom stereocenters. The normalized spacial score (nSPS) is 11.1. The van der Waals surface area contributed by atoms with Crippen molar-refractivity contribution in [2.24, 2.45) is 0 Å². The van der Waals surface area contributed by atoms with Crippen LogP contribution < -0.4 is 5.56 Å². The minimum atomic E-state index is -0.360. The summed E-state index contributed by atoms with van der Waals surface area (Å²) in [6.07, 6.45) is 0. The third-order valence-corrected chi connectivity index (χ3v) is 6.43. The smallest absolute Gasteiger partial charge is 0.260 e. The van der Waals surface area contributed by atoms with E-state index in [4.69, 9.17) is 0 Å². The van der Waals surface area contributed by atoms with Gasteiger partial charge < -0.3 is 9.88 Å². The molecule has 31 heavy (non-hydrogen) atoms. The molecule has 0 saturated heterocycles. The van der Waals surface area contributed by atoms with Gasteiger partial charge in [-0.15, -0.1) is 11.3 Å². The van der Waals surface area contributed by atoms with Crippen LogP contribution in [-0.2, 0) is 11.3 Å². The Balaban J connectivity index is 1.48. The Labute approximate surface area is 184 Å². The molecule has 1 N–H and O–H groups in total. The van der Waals surface area contributed by atoms with E-state index in [0.29, 0.717) is 26.5 Å². The summed E-state index contributed by atoms with van der Waals surface area (Å²) in [6, 6.07) is 12.2. The third kappa shape index (κ3) is 4.67. The molecule has 2 heterocycles. The van der Waals surface area contributed by atoms with Gasteiger partial charge in [0.05, 0.1) is 11.1 Å². The molecule has 0 aliphatic heterocycles. The van der Waals surface area contributed by atoms with Crippen molar-refractivity contribution >= 4 is 39.2 Å². The second-order valence-electron chi connectivity index (χ2n) is 6.84. The first-order chi connectivity index (χ1) is 14.9. The van der Waals surface area contributed by atoms with Crippen LogP contribution >= 0.6 is 23.1 Å². The fourth-order valence-electron chi connectivity index (χ4n) is 3.05. The lowest BCUT2D eigenvalue weighted by atomic mass is 10.1. The number of thioether (sulfide) groups is 1. The van der Waals surface area contributed by atoms with Crippen LogP contribution in [0.1, 0.15) is 5.56 Å². The van der Waals surface area contributed by atoms with E-state index in [1.807, 2.05) is 5.38 Å². The molecule has 0 spiro atoms. The number of hydrogen-bond donors (Lipinski definition) is 1. The summed E-state index contributed by atoms with van der Waals surface area (Å²) in [4.78, 5) is 34.2. The SMILES string of the molecule is CN(Cc1ccccc1F)C(=O)CSc1nc2scc(-c3ccc(F)cc3)c2c(=O)[nH]1. The van der Waals surface area contributed by atoms with E-state index in [9.17, 15) is 18.4 Å². The van der Waals surface area contributed by atoms with E-state index in [-0.39, 0.29) is 35.4 Å². The molecule has 1 amide bonds. The minimum Gasteiger partial charge on any atom is -0.341 e. The summed E-state index contributed by atoms with van der Waals surface area (Å²) in [5, 5.41) is 2.57. The lowest BCUT2D eigenvalue weighted by molar-refractivity contribution is -0.127. The molecule has 0 atom stereocenters. The zero-order chi connectivity index (χ0) is 22.0. The maximum absolute atomic E-state index is 13.8. The van der Waals surface area contributed by atoms with Crippen LogP contribution in [0.2, 0.25) is 0 Å². The number of hydrogen-bond acceptors (Lipinski definition) is 5. The molecule has 0 fully saturated rings. The molecule has 0 saturated carbocycles. The van der Waals surface area contributed by atoms with E-state index >= 15 is 0 Å². The fourth-order valence-corrected chi connectivity index (χ4v) is 4.86. The molecule has 2 aromatic carbocycles. The average Bonchev–Trinajstić information content (AvgIpc) is 3.18. The maximum Gasteiger partial charge on any atom is 0.260 e. The average molecular weight is 458 g/mol. The number of halogens is 2. The number of fused-ring (bicyclic) bond motifs is 1. The van der Waals surface area contributed by atoms with Crippen LogP contribution in [0, 0.1) is 11.6 Å². The molecule has 0 radical (unpaired) electrons. The van der Waals surface area contributed by atoms with Crippen molar-refractivity contribution in [2.45, 2.75) is 11.7 Å². The number of rotatable bonds is 6. The van der Waals surface area contributed by atoms with E-state index in [1.54, 1.807) is 37.4 Å². The lowest BCUT2D eigenvalue weighted by Gasteiger charge is -2.17. The molecule has 4 rings (SSSR count). The van der Waals surface area contributed by atoms with Crippen molar-refractivity contribution in [1.29, 1.82) is 0 Å². The highest BCUT2D eigenvalue weighted by molar-refractivity contribution is 7.99. The van der Waals surface area contributed by atoms with Crippen molar-refractivity contribution in [3.8, 4) is 11.1 Å². The zero-order valence-corrected chi connectivity index (χ0v) is 18.0. The monoisotopic (exact) mass is 457 g/mol. The largest absolute Gasteiger partial charge is 0.341 e. The summed E-state index contributed by atoms with van der Waals surface area (Å²) in [7, 11) is 1.60. The number of carbonyl (C=O) groups excluding carboxylic acids is 1. The molecule has 158 valence electrons. The summed E-state index contributed by atoms with van der Waals surface area (Å²) in [6.45, 7) is 0.154. The minimum absolute atomic E-state index is 0.0512. The Hall–Kier alpha value is -3.04. The highest BCUT2D eigenvalue weighted by Crippen LogP contribution is 2.31. The first-order valence-electron chi connectivity index (χ1n) is 9.30. The second kappa shape index (κ2) is 8.99. The topological polar surface area (TPSA) is 66.1 Å². The predicted molar refractivity (Wildman–Crippen MR) is 119 cm³/mol. The number of nitrogens with one attached hydrogen (secondary N) is 1. The lowest BCUT2D eigenvalue weighted by Crippen LogP contribution is -2.28. The van der Waals surface area contributed by atoms with Crippen LogP contribution in [0.5, 0.6) is 0 Å². The highest BCUT2D eigenvalue weighted by atomic mass is 32.2. The standard InChI is InChI=1S/C22H17F2N3O2S2/c1-27(10-14-4-2-3-5-17(14)24)18(28)12-31-22-25-20(29)19-16(11-30-21(19)26-22)13-6-8-15(23)9-7-13/h2-9,11H,10,12H2,1H3,(H,25,26,29). The van der Waals surface area contributed by atoms with Crippen molar-refractivity contribution in [2.75, 3.05) is 12.8 Å². The summed E-state index contributed by atoms with van der Waals surface area (Å²) in [5.41, 5.74) is 1.53. The maximum atomic E-state index is 13.8. The van der Waals surface area contributed by atoms with Gasteiger partial charge >= 0.3 is 0 Å². The Morgan fingerprint density at radius 1 is 1.16 bits per heavy atom. The Kier molecular flexibility index (Phi) is 6.15. The van der Waals surface area contributed by atoms with Gasteiger partial charge in [0.25, 0.3) is 5.56 Å². The van der Waals surface area contributed by atoms with Crippen molar-refractivity contribution in [1.82, 2.24) is 14.9 Å². The molecular formula is C22H17F2N3O2S2. The fraction of sp³-hybridized carbons (Fsp3) is 0.136. The van der Waals surface area contributed by atoms with Crippen molar-refractivity contribution in [3.05, 3.63) is 81.5 Å². The van der Waals surface area contributed by atoms with Gasteiger partial charge in [-0.05, 0) is 23.8 Å². The van der Waals surface area contributed by atoms with E-state index in [2.05, 4.69) is 9.97 Å². The molecule has 0 aliphatic carbocycles. The van der Waals surface area contributed by atoms with E-state index in [0.717, 1.165) is 17.3 Å². The van der Waals surface area contributed by atoms with Gasteiger partial charge in [-0.1, -0.05) is 42.1 Å². The van der Waals surface area contributed by atoms with Crippen LogP contribution in [0.15, 0.2) is 63.9 Å². The van der Waals surface area contributed by atoms with Crippen LogP contribution in [0.4, 0.5) is 8.78 Å². The number of aromatic amines is 1. The van der Waals surface area contributed by atoms with Gasteiger partial charge in [0.15, 0.2) is 5.16 Å². The summed E-state index contributed by atoms with van der Waals surface area (Å²) in [5.74, 6) is -0.871. The van der Waals surface area contributed by atoms with Gasteiger partial charge in [0.2, 0.25) is 5.91 Å². The van der Waals surface area contributed by atoms with Gasteiger partial charge in [-0.2, -0.15) is 0 Å². The predicted octanol–water partition coefficient (Wildman–Crippen LogP) is 4.68. The molecule has 0 aliphatic rings. The summed E-state index contributed by atoms with van der Waals surface area (Å²) >= 11 is 2.42.